The second-order valence-corrected chi connectivity index (χ2v) is 6.14. The highest BCUT2D eigenvalue weighted by Crippen LogP contribution is 2.18. The fraction of sp³-hybridized carbons (Fsp3) is 0.611. The summed E-state index contributed by atoms with van der Waals surface area (Å²) < 4.78 is 13.1. The lowest BCUT2D eigenvalue weighted by molar-refractivity contribution is 0.120. The van der Waals surface area contributed by atoms with Crippen molar-refractivity contribution < 1.29 is 9.50 Å². The van der Waals surface area contributed by atoms with E-state index in [0.29, 0.717) is 12.6 Å². The molecule has 0 heterocycles. The molecule has 4 nitrogen and oxygen atoms in total. The number of nitrogens with zero attached hydrogens (tertiary/aromatic N) is 1. The zero-order chi connectivity index (χ0) is 16.5. The Bertz CT molecular complexity index is 499. The molecule has 128 valence electrons. The number of aliphatic hydroxyl groups is 1. The first-order chi connectivity index (χ1) is 11.2. The summed E-state index contributed by atoms with van der Waals surface area (Å²) in [6.07, 6.45) is 5.26. The molecule has 1 aromatic carbocycles. The number of halogens is 1. The number of aliphatic imine (C=N–C) groups is 1. The zero-order valence-electron chi connectivity index (χ0n) is 13.9. The molecule has 2 rings (SSSR count). The Morgan fingerprint density at radius 2 is 2.09 bits per heavy atom. The smallest absolute Gasteiger partial charge is 0.191 e. The van der Waals surface area contributed by atoms with Crippen LogP contribution in [0.3, 0.4) is 0 Å². The molecule has 0 spiro atoms. The third-order valence-corrected chi connectivity index (χ3v) is 4.16. The average Bonchev–Trinajstić information content (AvgIpc) is 2.54. The van der Waals surface area contributed by atoms with Crippen LogP contribution in [-0.4, -0.2) is 36.3 Å². The minimum absolute atomic E-state index is 0.140. The highest BCUT2D eigenvalue weighted by Gasteiger charge is 2.19. The second-order valence-electron chi connectivity index (χ2n) is 6.14. The minimum atomic E-state index is -0.180. The molecule has 1 aromatic rings. The van der Waals surface area contributed by atoms with Gasteiger partial charge in [0.2, 0.25) is 0 Å². The van der Waals surface area contributed by atoms with Gasteiger partial charge in [-0.05, 0) is 63.1 Å². The van der Waals surface area contributed by atoms with Crippen molar-refractivity contribution in [1.82, 2.24) is 10.6 Å². The van der Waals surface area contributed by atoms with Crippen molar-refractivity contribution in [2.24, 2.45) is 4.99 Å². The van der Waals surface area contributed by atoms with E-state index in [9.17, 15) is 9.50 Å². The first kappa shape index (κ1) is 17.7. The molecule has 0 aliphatic heterocycles. The third kappa shape index (κ3) is 6.57. The van der Waals surface area contributed by atoms with Gasteiger partial charge in [0.25, 0.3) is 0 Å². The quantitative estimate of drug-likeness (QED) is 0.429. The fourth-order valence-corrected chi connectivity index (χ4v) is 2.90. The van der Waals surface area contributed by atoms with Crippen LogP contribution < -0.4 is 10.6 Å². The molecule has 0 radical (unpaired) electrons. The summed E-state index contributed by atoms with van der Waals surface area (Å²) in [6, 6.07) is 7.14. The number of nitrogens with one attached hydrogen (secondary N) is 2. The largest absolute Gasteiger partial charge is 0.393 e. The predicted molar refractivity (Wildman–Crippen MR) is 92.1 cm³/mol. The summed E-state index contributed by atoms with van der Waals surface area (Å²) >= 11 is 0. The third-order valence-electron chi connectivity index (χ3n) is 4.16. The van der Waals surface area contributed by atoms with E-state index >= 15 is 0 Å². The van der Waals surface area contributed by atoms with Gasteiger partial charge < -0.3 is 15.7 Å². The van der Waals surface area contributed by atoms with E-state index < -0.39 is 0 Å². The van der Waals surface area contributed by atoms with Gasteiger partial charge in [0.15, 0.2) is 5.96 Å². The predicted octanol–water partition coefficient (Wildman–Crippen LogP) is 2.62. The maximum atomic E-state index is 13.1. The van der Waals surface area contributed by atoms with E-state index in [-0.39, 0.29) is 11.9 Å². The summed E-state index contributed by atoms with van der Waals surface area (Å²) in [4.78, 5) is 4.60. The van der Waals surface area contributed by atoms with Crippen LogP contribution in [0.5, 0.6) is 0 Å². The lowest BCUT2D eigenvalue weighted by Gasteiger charge is -2.27. The number of hydrogen-bond acceptors (Lipinski definition) is 2. The van der Waals surface area contributed by atoms with E-state index in [2.05, 4.69) is 22.5 Å². The molecule has 3 N–H and O–H groups in total. The molecule has 0 unspecified atom stereocenters. The van der Waals surface area contributed by atoms with Gasteiger partial charge in [0, 0.05) is 19.1 Å². The first-order valence-corrected chi connectivity index (χ1v) is 8.64. The van der Waals surface area contributed by atoms with E-state index in [1.54, 1.807) is 12.1 Å². The molecule has 5 heteroatoms. The number of guanidine groups is 1. The van der Waals surface area contributed by atoms with Crippen LogP contribution in [-0.2, 0) is 6.42 Å². The maximum Gasteiger partial charge on any atom is 0.191 e. The van der Waals surface area contributed by atoms with Gasteiger partial charge in [-0.2, -0.15) is 0 Å². The van der Waals surface area contributed by atoms with Crippen molar-refractivity contribution in [2.75, 3.05) is 13.1 Å². The minimum Gasteiger partial charge on any atom is -0.393 e. The van der Waals surface area contributed by atoms with Crippen molar-refractivity contribution in [1.29, 1.82) is 0 Å². The monoisotopic (exact) mass is 321 g/mol. The molecule has 0 atom stereocenters. The van der Waals surface area contributed by atoms with E-state index in [4.69, 9.17) is 0 Å². The van der Waals surface area contributed by atoms with Gasteiger partial charge in [-0.3, -0.25) is 4.99 Å². The Labute approximate surface area is 138 Å². The normalized spacial score (nSPS) is 22.0. The standard InChI is InChI=1S/C18H28FN3O/c1-2-20-18(22-16-8-10-17(23)11-9-16)21-12-4-6-14-5-3-7-15(19)13-14/h3,5,7,13,16-17,23H,2,4,6,8-12H2,1H3,(H2,20,21,22). The highest BCUT2D eigenvalue weighted by atomic mass is 19.1. The van der Waals surface area contributed by atoms with Crippen molar-refractivity contribution in [3.05, 3.63) is 35.6 Å². The molecule has 0 amide bonds. The van der Waals surface area contributed by atoms with Crippen molar-refractivity contribution in [2.45, 2.75) is 57.6 Å². The first-order valence-electron chi connectivity index (χ1n) is 8.64. The molecule has 0 saturated heterocycles. The van der Waals surface area contributed by atoms with Crippen LogP contribution >= 0.6 is 0 Å². The van der Waals surface area contributed by atoms with Crippen molar-refractivity contribution in [3.8, 4) is 0 Å². The van der Waals surface area contributed by atoms with Gasteiger partial charge in [-0.25, -0.2) is 4.39 Å². The van der Waals surface area contributed by atoms with Crippen LogP contribution in [0.15, 0.2) is 29.3 Å². The Balaban J connectivity index is 1.76. The molecule has 1 aliphatic carbocycles. The number of hydrogen-bond donors (Lipinski definition) is 3. The lowest BCUT2D eigenvalue weighted by Crippen LogP contribution is -2.45. The highest BCUT2D eigenvalue weighted by molar-refractivity contribution is 5.80. The molecule has 1 saturated carbocycles. The summed E-state index contributed by atoms with van der Waals surface area (Å²) in [5, 5.41) is 16.3. The van der Waals surface area contributed by atoms with Gasteiger partial charge >= 0.3 is 0 Å². The SMILES string of the molecule is CCNC(=NCCCc1cccc(F)c1)NC1CCC(O)CC1. The van der Waals surface area contributed by atoms with Gasteiger partial charge in [0.05, 0.1) is 6.10 Å². The van der Waals surface area contributed by atoms with E-state index in [1.807, 2.05) is 6.07 Å². The van der Waals surface area contributed by atoms with Gasteiger partial charge in [-0.15, -0.1) is 0 Å². The zero-order valence-corrected chi connectivity index (χ0v) is 13.9. The Morgan fingerprint density at radius 1 is 1.30 bits per heavy atom. The molecule has 1 aliphatic rings. The average molecular weight is 321 g/mol. The number of rotatable bonds is 6. The Hall–Kier alpha value is -1.62. The summed E-state index contributed by atoms with van der Waals surface area (Å²) in [5.74, 6) is 0.661. The summed E-state index contributed by atoms with van der Waals surface area (Å²) in [6.45, 7) is 3.58. The lowest BCUT2D eigenvalue weighted by atomic mass is 9.93. The van der Waals surface area contributed by atoms with Crippen LogP contribution in [0.2, 0.25) is 0 Å². The van der Waals surface area contributed by atoms with E-state index in [1.165, 1.54) is 6.07 Å². The van der Waals surface area contributed by atoms with Crippen LogP contribution in [0.1, 0.15) is 44.6 Å². The molecule has 0 aromatic heterocycles. The molecule has 23 heavy (non-hydrogen) atoms. The Morgan fingerprint density at radius 3 is 2.78 bits per heavy atom. The van der Waals surface area contributed by atoms with Gasteiger partial charge in [0.1, 0.15) is 5.82 Å². The number of aliphatic hydroxyl groups excluding tert-OH is 1. The van der Waals surface area contributed by atoms with Crippen LogP contribution in [0, 0.1) is 5.82 Å². The van der Waals surface area contributed by atoms with Crippen molar-refractivity contribution >= 4 is 5.96 Å². The van der Waals surface area contributed by atoms with Crippen LogP contribution in [0.25, 0.3) is 0 Å². The fourth-order valence-electron chi connectivity index (χ4n) is 2.90. The van der Waals surface area contributed by atoms with Crippen LogP contribution in [0.4, 0.5) is 4.39 Å². The number of aryl methyl sites for hydroxylation is 1. The summed E-state index contributed by atoms with van der Waals surface area (Å²) in [7, 11) is 0. The van der Waals surface area contributed by atoms with Gasteiger partial charge in [-0.1, -0.05) is 12.1 Å². The summed E-state index contributed by atoms with van der Waals surface area (Å²) in [5.41, 5.74) is 1.01. The molecule has 1 fully saturated rings. The Kier molecular flexibility index (Phi) is 7.33. The van der Waals surface area contributed by atoms with E-state index in [0.717, 1.165) is 56.6 Å². The molecular weight excluding hydrogens is 293 g/mol. The number of benzene rings is 1. The molecule has 0 bridgehead atoms. The maximum absolute atomic E-state index is 13.1. The molecular formula is C18H28FN3O. The van der Waals surface area contributed by atoms with Crippen molar-refractivity contribution in [3.63, 3.8) is 0 Å². The second kappa shape index (κ2) is 9.50. The topological polar surface area (TPSA) is 56.7 Å².